The number of fused-ring (bicyclic) bond motifs is 1. The molecule has 19 heavy (non-hydrogen) atoms. The van der Waals surface area contributed by atoms with E-state index in [-0.39, 0.29) is 22.8 Å². The number of Topliss-reactive ketones (excluding diaryl/α,β-unsaturated/α-hetero) is 1. The van der Waals surface area contributed by atoms with Crippen LogP contribution in [0.25, 0.3) is 10.2 Å². The zero-order valence-corrected chi connectivity index (χ0v) is 12.4. The number of hydrogen-bond acceptors (Lipinski definition) is 3. The normalized spacial score (nSPS) is 10.1. The molecule has 2 aromatic heterocycles. The Labute approximate surface area is 125 Å². The van der Waals surface area contributed by atoms with E-state index in [0.717, 1.165) is 10.2 Å². The van der Waals surface area contributed by atoms with E-state index in [1.807, 2.05) is 59.4 Å². The summed E-state index contributed by atoms with van der Waals surface area (Å²) in [5.41, 5.74) is 0.893. The van der Waals surface area contributed by atoms with Gasteiger partial charge in [0.05, 0.1) is 10.2 Å². The number of halogens is 1. The lowest BCUT2D eigenvalue weighted by Gasteiger charge is -1.92. The van der Waals surface area contributed by atoms with Crippen molar-refractivity contribution in [2.45, 2.75) is 6.54 Å². The number of rotatable bonds is 3. The number of nitrogens with zero attached hydrogens (tertiary/aromatic N) is 2. The van der Waals surface area contributed by atoms with Crippen molar-refractivity contribution in [3.63, 3.8) is 0 Å². The summed E-state index contributed by atoms with van der Waals surface area (Å²) in [5, 5.41) is 0.576. The SMILES string of the molecule is O=C(C[n+]1ccccc1)c1nc2ccccc2s1.[Br-]. The van der Waals surface area contributed by atoms with E-state index >= 15 is 0 Å². The Kier molecular flexibility index (Phi) is 4.39. The standard InChI is InChI=1S/C14H11N2OS.BrH/c17-12(10-16-8-4-1-5-9-16)14-15-11-6-2-3-7-13(11)18-14;/h1-9H,10H2;1H/q+1;/p-1. The van der Waals surface area contributed by atoms with Crippen LogP contribution < -0.4 is 21.5 Å². The van der Waals surface area contributed by atoms with Crippen LogP contribution in [0, 0.1) is 0 Å². The fourth-order valence-electron chi connectivity index (χ4n) is 1.76. The van der Waals surface area contributed by atoms with Gasteiger partial charge in [0.15, 0.2) is 17.4 Å². The third kappa shape index (κ3) is 3.05. The fourth-order valence-corrected chi connectivity index (χ4v) is 2.66. The molecule has 0 saturated carbocycles. The van der Waals surface area contributed by atoms with E-state index in [1.54, 1.807) is 0 Å². The maximum atomic E-state index is 12.1. The lowest BCUT2D eigenvalue weighted by molar-refractivity contribution is -0.683. The third-order valence-electron chi connectivity index (χ3n) is 2.64. The second-order valence-corrected chi connectivity index (χ2v) is 4.99. The highest BCUT2D eigenvalue weighted by molar-refractivity contribution is 7.20. The molecule has 0 atom stereocenters. The molecule has 0 radical (unpaired) electrons. The van der Waals surface area contributed by atoms with Gasteiger partial charge in [-0.2, -0.15) is 4.57 Å². The monoisotopic (exact) mass is 334 g/mol. The van der Waals surface area contributed by atoms with Crippen LogP contribution in [-0.2, 0) is 6.54 Å². The van der Waals surface area contributed by atoms with E-state index in [0.29, 0.717) is 11.6 Å². The summed E-state index contributed by atoms with van der Waals surface area (Å²) < 4.78 is 2.91. The molecule has 0 saturated heterocycles. The lowest BCUT2D eigenvalue weighted by Crippen LogP contribution is -3.00. The summed E-state index contributed by atoms with van der Waals surface area (Å²) in [7, 11) is 0. The first-order valence-corrected chi connectivity index (χ1v) is 6.47. The van der Waals surface area contributed by atoms with Gasteiger partial charge in [-0.3, -0.25) is 4.79 Å². The molecule has 0 bridgehead atoms. The van der Waals surface area contributed by atoms with Gasteiger partial charge >= 0.3 is 0 Å². The average Bonchev–Trinajstić information content (AvgIpc) is 2.84. The molecule has 3 rings (SSSR count). The van der Waals surface area contributed by atoms with Crippen molar-refractivity contribution in [2.24, 2.45) is 0 Å². The van der Waals surface area contributed by atoms with Crippen molar-refractivity contribution >= 4 is 27.3 Å². The van der Waals surface area contributed by atoms with Crippen LogP contribution in [0.3, 0.4) is 0 Å². The van der Waals surface area contributed by atoms with Crippen molar-refractivity contribution in [3.05, 3.63) is 59.9 Å². The minimum absolute atomic E-state index is 0. The minimum atomic E-state index is 0. The van der Waals surface area contributed by atoms with Gasteiger partial charge in [0.2, 0.25) is 6.54 Å². The summed E-state index contributed by atoms with van der Waals surface area (Å²) >= 11 is 1.45. The first kappa shape index (κ1) is 13.8. The molecule has 5 heteroatoms. The number of aromatic nitrogens is 2. The second kappa shape index (κ2) is 6.04. The molecular weight excluding hydrogens is 324 g/mol. The fraction of sp³-hybridized carbons (Fsp3) is 0.0714. The number of para-hydroxylation sites is 1. The molecule has 0 unspecified atom stereocenters. The Balaban J connectivity index is 0.00000133. The highest BCUT2D eigenvalue weighted by Gasteiger charge is 2.16. The molecule has 3 aromatic rings. The minimum Gasteiger partial charge on any atom is -1.00 e. The number of benzene rings is 1. The van der Waals surface area contributed by atoms with Gasteiger partial charge in [0.1, 0.15) is 0 Å². The van der Waals surface area contributed by atoms with Crippen LogP contribution in [0.1, 0.15) is 9.80 Å². The van der Waals surface area contributed by atoms with E-state index in [9.17, 15) is 4.79 Å². The van der Waals surface area contributed by atoms with Gasteiger partial charge in [-0.25, -0.2) is 4.98 Å². The molecule has 0 aliphatic rings. The Bertz CT molecular complexity index is 664. The second-order valence-electron chi connectivity index (χ2n) is 3.96. The van der Waals surface area contributed by atoms with Gasteiger partial charge in [-0.1, -0.05) is 18.2 Å². The van der Waals surface area contributed by atoms with Crippen LogP contribution in [0.5, 0.6) is 0 Å². The van der Waals surface area contributed by atoms with Crippen LogP contribution in [0.4, 0.5) is 0 Å². The predicted molar refractivity (Wildman–Crippen MR) is 70.6 cm³/mol. The molecule has 0 aliphatic heterocycles. The smallest absolute Gasteiger partial charge is 0.255 e. The van der Waals surface area contributed by atoms with Gasteiger partial charge in [0, 0.05) is 12.1 Å². The van der Waals surface area contributed by atoms with Crippen LogP contribution in [0.15, 0.2) is 54.9 Å². The summed E-state index contributed by atoms with van der Waals surface area (Å²) in [6.45, 7) is 0.334. The number of ketones is 1. The maximum Gasteiger partial charge on any atom is 0.255 e. The number of hydrogen-bond donors (Lipinski definition) is 0. The lowest BCUT2D eigenvalue weighted by atomic mass is 10.3. The molecule has 96 valence electrons. The van der Waals surface area contributed by atoms with Gasteiger partial charge < -0.3 is 17.0 Å². The average molecular weight is 335 g/mol. The Morgan fingerprint density at radius 3 is 2.58 bits per heavy atom. The number of thiazole rings is 1. The molecule has 0 aliphatic carbocycles. The van der Waals surface area contributed by atoms with Crippen molar-refractivity contribution in [2.75, 3.05) is 0 Å². The third-order valence-corrected chi connectivity index (χ3v) is 3.71. The summed E-state index contributed by atoms with van der Waals surface area (Å²) in [6, 6.07) is 13.6. The van der Waals surface area contributed by atoms with Crippen molar-refractivity contribution in [1.29, 1.82) is 0 Å². The molecule has 0 fully saturated rings. The van der Waals surface area contributed by atoms with E-state index < -0.39 is 0 Å². The van der Waals surface area contributed by atoms with Crippen LogP contribution in [0.2, 0.25) is 0 Å². The maximum absolute atomic E-state index is 12.1. The van der Waals surface area contributed by atoms with Gasteiger partial charge in [0.25, 0.3) is 5.78 Å². The Hall–Kier alpha value is -1.59. The van der Waals surface area contributed by atoms with Gasteiger partial charge in [-0.15, -0.1) is 11.3 Å². The predicted octanol–water partition coefficient (Wildman–Crippen LogP) is -0.529. The van der Waals surface area contributed by atoms with Crippen molar-refractivity contribution in [3.8, 4) is 0 Å². The number of carbonyl (C=O) groups is 1. The van der Waals surface area contributed by atoms with Gasteiger partial charge in [-0.05, 0) is 12.1 Å². The zero-order chi connectivity index (χ0) is 12.4. The quantitative estimate of drug-likeness (QED) is 0.476. The molecule has 0 spiro atoms. The highest BCUT2D eigenvalue weighted by atomic mass is 79.9. The molecule has 1 aromatic carbocycles. The molecule has 2 heterocycles. The van der Waals surface area contributed by atoms with E-state index in [4.69, 9.17) is 0 Å². The topological polar surface area (TPSA) is 33.8 Å². The first-order valence-electron chi connectivity index (χ1n) is 5.66. The summed E-state index contributed by atoms with van der Waals surface area (Å²) in [6.07, 6.45) is 3.76. The van der Waals surface area contributed by atoms with Crippen LogP contribution >= 0.6 is 11.3 Å². The Morgan fingerprint density at radius 1 is 1.11 bits per heavy atom. The van der Waals surface area contributed by atoms with E-state index in [1.165, 1.54) is 11.3 Å². The van der Waals surface area contributed by atoms with E-state index in [2.05, 4.69) is 4.98 Å². The Morgan fingerprint density at radius 2 is 1.84 bits per heavy atom. The van der Waals surface area contributed by atoms with Crippen LogP contribution in [-0.4, -0.2) is 10.8 Å². The largest absolute Gasteiger partial charge is 1.00 e. The number of carbonyl (C=O) groups excluding carboxylic acids is 1. The summed E-state index contributed by atoms with van der Waals surface area (Å²) in [4.78, 5) is 16.5. The number of pyridine rings is 1. The highest BCUT2D eigenvalue weighted by Crippen LogP contribution is 2.21. The molecular formula is C14H11BrN2OS. The molecule has 3 nitrogen and oxygen atoms in total. The molecule has 0 amide bonds. The first-order chi connectivity index (χ1) is 8.83. The molecule has 0 N–H and O–H groups in total. The summed E-state index contributed by atoms with van der Waals surface area (Å²) in [5.74, 6) is 0.0485. The van der Waals surface area contributed by atoms with Crippen molar-refractivity contribution < 1.29 is 26.3 Å². The van der Waals surface area contributed by atoms with Crippen molar-refractivity contribution in [1.82, 2.24) is 4.98 Å². The zero-order valence-electron chi connectivity index (χ0n) is 9.99.